The van der Waals surface area contributed by atoms with Gasteiger partial charge in [-0.05, 0) is 25.0 Å². The molecule has 1 aromatic heterocycles. The van der Waals surface area contributed by atoms with E-state index < -0.39 is 0 Å². The van der Waals surface area contributed by atoms with Gasteiger partial charge >= 0.3 is 0 Å². The lowest BCUT2D eigenvalue weighted by molar-refractivity contribution is 0.0910. The van der Waals surface area contributed by atoms with E-state index in [1.807, 2.05) is 0 Å². The summed E-state index contributed by atoms with van der Waals surface area (Å²) in [7, 11) is 0. The second kappa shape index (κ2) is 3.88. The minimum Gasteiger partial charge on any atom is -0.347 e. The van der Waals surface area contributed by atoms with Crippen molar-refractivity contribution in [2.45, 2.75) is 24.9 Å². The zero-order valence-corrected chi connectivity index (χ0v) is 9.07. The summed E-state index contributed by atoms with van der Waals surface area (Å²) < 4.78 is 0.632. The summed E-state index contributed by atoms with van der Waals surface area (Å²) in [6, 6.07) is 3.71. The number of rotatable bonds is 2. The molecule has 14 heavy (non-hydrogen) atoms. The molecule has 0 saturated heterocycles. The highest BCUT2D eigenvalue weighted by molar-refractivity contribution is 7.17. The Kier molecular flexibility index (Phi) is 2.76. The molecule has 0 unspecified atom stereocenters. The van der Waals surface area contributed by atoms with Crippen LogP contribution in [0, 0.1) is 0 Å². The quantitative estimate of drug-likeness (QED) is 0.811. The molecule has 1 heterocycles. The number of hydrogen-bond acceptors (Lipinski definition) is 3. The standard InChI is InChI=1S/C9H11ClN2OS/c10-8-4-3-7(14-8)9(13)12-6-2-1-5(6)11/h3-6H,1-2,11H2,(H,12,13)/t5-,6+/m1/s1. The van der Waals surface area contributed by atoms with Crippen LogP contribution < -0.4 is 11.1 Å². The topological polar surface area (TPSA) is 55.1 Å². The Balaban J connectivity index is 1.95. The van der Waals surface area contributed by atoms with Crippen LogP contribution >= 0.6 is 22.9 Å². The van der Waals surface area contributed by atoms with Crippen molar-refractivity contribution >= 4 is 28.8 Å². The highest BCUT2D eigenvalue weighted by Gasteiger charge is 2.29. The Morgan fingerprint density at radius 2 is 2.36 bits per heavy atom. The molecule has 1 aliphatic rings. The first-order valence-corrected chi connectivity index (χ1v) is 5.68. The number of amides is 1. The first kappa shape index (κ1) is 9.96. The van der Waals surface area contributed by atoms with Gasteiger partial charge in [-0.1, -0.05) is 11.6 Å². The van der Waals surface area contributed by atoms with Crippen LogP contribution in [0.3, 0.4) is 0 Å². The van der Waals surface area contributed by atoms with E-state index in [0.717, 1.165) is 12.8 Å². The van der Waals surface area contributed by atoms with Crippen LogP contribution in [0.15, 0.2) is 12.1 Å². The Bertz CT molecular complexity index is 352. The molecule has 0 bridgehead atoms. The fourth-order valence-electron chi connectivity index (χ4n) is 1.38. The summed E-state index contributed by atoms with van der Waals surface area (Å²) in [5.41, 5.74) is 5.72. The Morgan fingerprint density at radius 1 is 1.57 bits per heavy atom. The number of carbonyl (C=O) groups excluding carboxylic acids is 1. The lowest BCUT2D eigenvalue weighted by Gasteiger charge is -2.33. The molecule has 1 saturated carbocycles. The average Bonchev–Trinajstić information content (AvgIpc) is 2.58. The first-order valence-electron chi connectivity index (χ1n) is 4.48. The van der Waals surface area contributed by atoms with Gasteiger partial charge in [0.1, 0.15) is 0 Å². The minimum atomic E-state index is -0.0675. The number of carbonyl (C=O) groups is 1. The molecule has 1 aromatic rings. The minimum absolute atomic E-state index is 0.0675. The van der Waals surface area contributed by atoms with Gasteiger partial charge in [0.05, 0.1) is 9.21 Å². The molecule has 1 aliphatic carbocycles. The molecule has 0 spiro atoms. The Morgan fingerprint density at radius 3 is 2.79 bits per heavy atom. The highest BCUT2D eigenvalue weighted by atomic mass is 35.5. The predicted octanol–water partition coefficient (Wildman–Crippen LogP) is 1.62. The van der Waals surface area contributed by atoms with Gasteiger partial charge in [-0.15, -0.1) is 11.3 Å². The maximum absolute atomic E-state index is 11.6. The first-order chi connectivity index (χ1) is 6.66. The molecule has 0 aromatic carbocycles. The molecule has 3 nitrogen and oxygen atoms in total. The molecular weight excluding hydrogens is 220 g/mol. The molecule has 1 fully saturated rings. The van der Waals surface area contributed by atoms with Crippen molar-refractivity contribution < 1.29 is 4.79 Å². The molecule has 0 radical (unpaired) electrons. The zero-order valence-electron chi connectivity index (χ0n) is 7.50. The van der Waals surface area contributed by atoms with E-state index in [1.54, 1.807) is 12.1 Å². The van der Waals surface area contributed by atoms with Crippen LogP contribution in [0.4, 0.5) is 0 Å². The average molecular weight is 231 g/mol. The van der Waals surface area contributed by atoms with Gasteiger partial charge in [-0.2, -0.15) is 0 Å². The number of thiophene rings is 1. The van der Waals surface area contributed by atoms with Gasteiger partial charge in [0, 0.05) is 12.1 Å². The SMILES string of the molecule is N[C@@H]1CC[C@@H]1NC(=O)c1ccc(Cl)s1. The van der Waals surface area contributed by atoms with Crippen molar-refractivity contribution in [3.8, 4) is 0 Å². The third-order valence-electron chi connectivity index (χ3n) is 2.44. The molecule has 2 atom stereocenters. The van der Waals surface area contributed by atoms with E-state index in [0.29, 0.717) is 9.21 Å². The van der Waals surface area contributed by atoms with Gasteiger partial charge in [0.2, 0.25) is 0 Å². The van der Waals surface area contributed by atoms with Gasteiger partial charge in [0.15, 0.2) is 0 Å². The van der Waals surface area contributed by atoms with E-state index in [-0.39, 0.29) is 18.0 Å². The van der Waals surface area contributed by atoms with Crippen molar-refractivity contribution in [2.75, 3.05) is 0 Å². The highest BCUT2D eigenvalue weighted by Crippen LogP contribution is 2.23. The van der Waals surface area contributed by atoms with Crippen molar-refractivity contribution in [2.24, 2.45) is 5.73 Å². The molecule has 5 heteroatoms. The van der Waals surface area contributed by atoms with E-state index in [9.17, 15) is 4.79 Å². The van der Waals surface area contributed by atoms with Gasteiger partial charge < -0.3 is 11.1 Å². The van der Waals surface area contributed by atoms with Crippen LogP contribution in [0.25, 0.3) is 0 Å². The van der Waals surface area contributed by atoms with Crippen molar-refractivity contribution in [1.29, 1.82) is 0 Å². The molecule has 2 rings (SSSR count). The van der Waals surface area contributed by atoms with Crippen LogP contribution in [-0.4, -0.2) is 18.0 Å². The summed E-state index contributed by atoms with van der Waals surface area (Å²) in [6.45, 7) is 0. The third-order valence-corrected chi connectivity index (χ3v) is 3.67. The smallest absolute Gasteiger partial charge is 0.261 e. The van der Waals surface area contributed by atoms with E-state index in [1.165, 1.54) is 11.3 Å². The van der Waals surface area contributed by atoms with Gasteiger partial charge in [-0.3, -0.25) is 4.79 Å². The summed E-state index contributed by atoms with van der Waals surface area (Å²) in [5, 5.41) is 2.88. The Labute approximate surface area is 91.2 Å². The van der Waals surface area contributed by atoms with Crippen LogP contribution in [-0.2, 0) is 0 Å². The molecule has 1 amide bonds. The fourth-order valence-corrected chi connectivity index (χ4v) is 2.33. The van der Waals surface area contributed by atoms with Crippen LogP contribution in [0.2, 0.25) is 4.34 Å². The van der Waals surface area contributed by atoms with Gasteiger partial charge in [0.25, 0.3) is 5.91 Å². The number of hydrogen-bond donors (Lipinski definition) is 2. The van der Waals surface area contributed by atoms with Crippen molar-refractivity contribution in [3.63, 3.8) is 0 Å². The van der Waals surface area contributed by atoms with Crippen LogP contribution in [0.1, 0.15) is 22.5 Å². The summed E-state index contributed by atoms with van der Waals surface area (Å²) in [4.78, 5) is 12.2. The lowest BCUT2D eigenvalue weighted by Crippen LogP contribution is -2.54. The lowest BCUT2D eigenvalue weighted by atomic mass is 9.87. The third kappa shape index (κ3) is 1.92. The maximum atomic E-state index is 11.6. The number of nitrogens with two attached hydrogens (primary N) is 1. The van der Waals surface area contributed by atoms with Crippen molar-refractivity contribution in [3.05, 3.63) is 21.3 Å². The molecule has 0 aliphatic heterocycles. The Hall–Kier alpha value is -0.580. The predicted molar refractivity (Wildman–Crippen MR) is 57.8 cm³/mol. The molecular formula is C9H11ClN2OS. The normalized spacial score (nSPS) is 25.6. The summed E-state index contributed by atoms with van der Waals surface area (Å²) in [5.74, 6) is -0.0675. The molecule has 3 N–H and O–H groups in total. The summed E-state index contributed by atoms with van der Waals surface area (Å²) in [6.07, 6.45) is 1.97. The van der Waals surface area contributed by atoms with Crippen molar-refractivity contribution in [1.82, 2.24) is 5.32 Å². The zero-order chi connectivity index (χ0) is 10.1. The second-order valence-electron chi connectivity index (χ2n) is 3.42. The number of halogens is 1. The monoisotopic (exact) mass is 230 g/mol. The van der Waals surface area contributed by atoms with Gasteiger partial charge in [-0.25, -0.2) is 0 Å². The van der Waals surface area contributed by atoms with E-state index in [4.69, 9.17) is 17.3 Å². The van der Waals surface area contributed by atoms with E-state index >= 15 is 0 Å². The van der Waals surface area contributed by atoms with E-state index in [2.05, 4.69) is 5.32 Å². The van der Waals surface area contributed by atoms with Crippen LogP contribution in [0.5, 0.6) is 0 Å². The maximum Gasteiger partial charge on any atom is 0.261 e. The fraction of sp³-hybridized carbons (Fsp3) is 0.444. The molecule has 76 valence electrons. The number of nitrogens with one attached hydrogen (secondary N) is 1. The second-order valence-corrected chi connectivity index (χ2v) is 5.14. The summed E-state index contributed by atoms with van der Waals surface area (Å²) >= 11 is 7.02. The largest absolute Gasteiger partial charge is 0.347 e.